The molecule has 100 valence electrons. The number of nitrogens with one attached hydrogen (secondary N) is 1. The molecule has 1 aliphatic rings. The van der Waals surface area contributed by atoms with Crippen LogP contribution in [0.1, 0.15) is 25.0 Å². The molecule has 0 fully saturated rings. The normalized spacial score (nSPS) is 14.1. The van der Waals surface area contributed by atoms with Crippen molar-refractivity contribution in [3.05, 3.63) is 29.3 Å². The highest BCUT2D eigenvalue weighted by Crippen LogP contribution is 2.23. The molecular formula is C15H24N2O. The van der Waals surface area contributed by atoms with Crippen molar-refractivity contribution < 1.29 is 4.74 Å². The maximum absolute atomic E-state index is 5.18. The second-order valence-electron chi connectivity index (χ2n) is 5.23. The Morgan fingerprint density at radius 3 is 2.94 bits per heavy atom. The van der Waals surface area contributed by atoms with Gasteiger partial charge in [0.25, 0.3) is 0 Å². The van der Waals surface area contributed by atoms with Crippen LogP contribution < -0.4 is 5.32 Å². The molecule has 0 aromatic heterocycles. The second kappa shape index (κ2) is 6.21. The number of rotatable bonds is 6. The summed E-state index contributed by atoms with van der Waals surface area (Å²) in [6.07, 6.45) is 1.16. The molecule has 0 saturated carbocycles. The lowest BCUT2D eigenvalue weighted by molar-refractivity contribution is 0.125. The fraction of sp³-hybridized carbons (Fsp3) is 0.600. The van der Waals surface area contributed by atoms with Crippen LogP contribution in [0.3, 0.4) is 0 Å². The van der Waals surface area contributed by atoms with Crippen molar-refractivity contribution in [2.45, 2.75) is 32.9 Å². The van der Waals surface area contributed by atoms with Gasteiger partial charge in [0.05, 0.1) is 6.61 Å². The molecular weight excluding hydrogens is 224 g/mol. The molecule has 0 amide bonds. The lowest BCUT2D eigenvalue weighted by Gasteiger charge is -2.26. The van der Waals surface area contributed by atoms with E-state index in [9.17, 15) is 0 Å². The van der Waals surface area contributed by atoms with Crippen molar-refractivity contribution >= 4 is 5.69 Å². The van der Waals surface area contributed by atoms with Crippen LogP contribution in [0.2, 0.25) is 0 Å². The summed E-state index contributed by atoms with van der Waals surface area (Å²) < 4.78 is 5.18. The van der Waals surface area contributed by atoms with Gasteiger partial charge in [0.15, 0.2) is 0 Å². The number of anilines is 1. The Hall–Kier alpha value is -1.06. The third kappa shape index (κ3) is 3.24. The summed E-state index contributed by atoms with van der Waals surface area (Å²) in [5, 5.41) is 3.40. The number of hydrogen-bond donors (Lipinski definition) is 1. The number of nitrogens with zero attached hydrogens (tertiary/aromatic N) is 1. The Kier molecular flexibility index (Phi) is 4.61. The first-order valence-electron chi connectivity index (χ1n) is 6.79. The Balaban J connectivity index is 2.02. The molecule has 0 aliphatic carbocycles. The van der Waals surface area contributed by atoms with Gasteiger partial charge in [-0.15, -0.1) is 0 Å². The van der Waals surface area contributed by atoms with Gasteiger partial charge in [-0.25, -0.2) is 0 Å². The zero-order valence-electron chi connectivity index (χ0n) is 11.7. The minimum Gasteiger partial charge on any atom is -0.384 e. The molecule has 1 aliphatic heterocycles. The molecule has 0 atom stereocenters. The van der Waals surface area contributed by atoms with Gasteiger partial charge in [0.2, 0.25) is 0 Å². The van der Waals surface area contributed by atoms with E-state index in [-0.39, 0.29) is 0 Å². The highest BCUT2D eigenvalue weighted by atomic mass is 16.5. The average molecular weight is 248 g/mol. The van der Waals surface area contributed by atoms with Gasteiger partial charge >= 0.3 is 0 Å². The van der Waals surface area contributed by atoms with Crippen molar-refractivity contribution in [1.29, 1.82) is 0 Å². The monoisotopic (exact) mass is 248 g/mol. The summed E-state index contributed by atoms with van der Waals surface area (Å²) in [5.41, 5.74) is 4.18. The lowest BCUT2D eigenvalue weighted by Crippen LogP contribution is -2.33. The summed E-state index contributed by atoms with van der Waals surface area (Å²) in [6.45, 7) is 8.36. The molecule has 1 aromatic rings. The number of methoxy groups -OCH3 is 1. The zero-order valence-corrected chi connectivity index (χ0v) is 11.7. The van der Waals surface area contributed by atoms with Gasteiger partial charge in [-0.3, -0.25) is 4.90 Å². The fourth-order valence-electron chi connectivity index (χ4n) is 2.42. The molecule has 1 N–H and O–H groups in total. The van der Waals surface area contributed by atoms with Gasteiger partial charge in [-0.2, -0.15) is 0 Å². The molecule has 0 spiro atoms. The van der Waals surface area contributed by atoms with E-state index in [2.05, 4.69) is 42.3 Å². The van der Waals surface area contributed by atoms with E-state index in [0.717, 1.165) is 32.7 Å². The first-order valence-corrected chi connectivity index (χ1v) is 6.79. The Morgan fingerprint density at radius 1 is 1.39 bits per heavy atom. The lowest BCUT2D eigenvalue weighted by atomic mass is 10.1. The molecule has 2 rings (SSSR count). The summed E-state index contributed by atoms with van der Waals surface area (Å²) in [6, 6.07) is 7.34. The van der Waals surface area contributed by atoms with Gasteiger partial charge in [0, 0.05) is 38.5 Å². The van der Waals surface area contributed by atoms with Gasteiger partial charge < -0.3 is 10.1 Å². The van der Waals surface area contributed by atoms with Crippen molar-refractivity contribution in [2.75, 3.05) is 32.1 Å². The predicted molar refractivity (Wildman–Crippen MR) is 76.1 cm³/mol. The molecule has 0 radical (unpaired) electrons. The Morgan fingerprint density at radius 2 is 2.22 bits per heavy atom. The molecule has 3 nitrogen and oxygen atoms in total. The minimum atomic E-state index is 0.548. The molecule has 0 unspecified atom stereocenters. The van der Waals surface area contributed by atoms with Crippen molar-refractivity contribution in [3.63, 3.8) is 0 Å². The maximum Gasteiger partial charge on any atom is 0.0589 e. The molecule has 0 bridgehead atoms. The molecule has 0 saturated heterocycles. The first kappa shape index (κ1) is 13.4. The van der Waals surface area contributed by atoms with Crippen molar-refractivity contribution in [3.8, 4) is 0 Å². The summed E-state index contributed by atoms with van der Waals surface area (Å²) in [7, 11) is 1.76. The largest absolute Gasteiger partial charge is 0.384 e. The van der Waals surface area contributed by atoms with Crippen molar-refractivity contribution in [1.82, 2.24) is 4.90 Å². The average Bonchev–Trinajstić information content (AvgIpc) is 2.81. The van der Waals surface area contributed by atoms with Crippen LogP contribution in [0.5, 0.6) is 0 Å². The van der Waals surface area contributed by atoms with Crippen LogP contribution in [0.15, 0.2) is 18.2 Å². The number of ether oxygens (including phenoxy) is 1. The SMILES string of the molecule is COCCN(Cc1ccc2c(c1)CCN2)C(C)C. The summed E-state index contributed by atoms with van der Waals surface area (Å²) in [4.78, 5) is 2.45. The van der Waals surface area contributed by atoms with Crippen LogP contribution in [-0.2, 0) is 17.7 Å². The van der Waals surface area contributed by atoms with Crippen LogP contribution in [0.4, 0.5) is 5.69 Å². The molecule has 1 aromatic carbocycles. The van der Waals surface area contributed by atoms with Crippen LogP contribution in [0, 0.1) is 0 Å². The smallest absolute Gasteiger partial charge is 0.0589 e. The Bertz CT molecular complexity index is 390. The second-order valence-corrected chi connectivity index (χ2v) is 5.23. The fourth-order valence-corrected chi connectivity index (χ4v) is 2.42. The highest BCUT2D eigenvalue weighted by molar-refractivity contribution is 5.56. The van der Waals surface area contributed by atoms with E-state index in [1.165, 1.54) is 16.8 Å². The zero-order chi connectivity index (χ0) is 13.0. The molecule has 18 heavy (non-hydrogen) atoms. The van der Waals surface area contributed by atoms with Crippen LogP contribution >= 0.6 is 0 Å². The van der Waals surface area contributed by atoms with E-state index in [0.29, 0.717) is 6.04 Å². The standard InChI is InChI=1S/C15H24N2O/c1-12(2)17(8-9-18-3)11-13-4-5-15-14(10-13)6-7-16-15/h4-5,10,12,16H,6-9,11H2,1-3H3. The minimum absolute atomic E-state index is 0.548. The third-order valence-electron chi connectivity index (χ3n) is 3.58. The summed E-state index contributed by atoms with van der Waals surface area (Å²) in [5.74, 6) is 0. The molecule has 3 heteroatoms. The Labute approximate surface area is 110 Å². The van der Waals surface area contributed by atoms with E-state index < -0.39 is 0 Å². The van der Waals surface area contributed by atoms with E-state index in [1.807, 2.05) is 0 Å². The van der Waals surface area contributed by atoms with E-state index in [1.54, 1.807) is 7.11 Å². The third-order valence-corrected chi connectivity index (χ3v) is 3.58. The molecule has 1 heterocycles. The first-order chi connectivity index (χ1) is 8.70. The van der Waals surface area contributed by atoms with Crippen LogP contribution in [0.25, 0.3) is 0 Å². The number of benzene rings is 1. The topological polar surface area (TPSA) is 24.5 Å². The predicted octanol–water partition coefficient (Wildman–Crippen LogP) is 2.51. The van der Waals surface area contributed by atoms with Gasteiger partial charge in [-0.05, 0) is 37.5 Å². The van der Waals surface area contributed by atoms with Crippen molar-refractivity contribution in [2.24, 2.45) is 0 Å². The van der Waals surface area contributed by atoms with Gasteiger partial charge in [0.1, 0.15) is 0 Å². The number of fused-ring (bicyclic) bond motifs is 1. The summed E-state index contributed by atoms with van der Waals surface area (Å²) >= 11 is 0. The van der Waals surface area contributed by atoms with E-state index >= 15 is 0 Å². The van der Waals surface area contributed by atoms with E-state index in [4.69, 9.17) is 4.74 Å². The highest BCUT2D eigenvalue weighted by Gasteiger charge is 2.13. The number of hydrogen-bond acceptors (Lipinski definition) is 3. The van der Waals surface area contributed by atoms with Crippen LogP contribution in [-0.4, -0.2) is 37.7 Å². The quantitative estimate of drug-likeness (QED) is 0.837. The maximum atomic E-state index is 5.18. The van der Waals surface area contributed by atoms with Gasteiger partial charge in [-0.1, -0.05) is 12.1 Å².